The van der Waals surface area contributed by atoms with E-state index in [4.69, 9.17) is 9.84 Å². The number of carbonyl (C=O) groups is 2. The number of hydrogen-bond donors (Lipinski definition) is 2. The van der Waals surface area contributed by atoms with Gasteiger partial charge in [-0.25, -0.2) is 9.78 Å². The van der Waals surface area contributed by atoms with Gasteiger partial charge in [0, 0.05) is 17.8 Å². The van der Waals surface area contributed by atoms with Crippen LogP contribution in [0.15, 0.2) is 18.3 Å². The first-order valence-corrected chi connectivity index (χ1v) is 4.92. The molecule has 1 amide bonds. The van der Waals surface area contributed by atoms with Gasteiger partial charge in [-0.2, -0.15) is 0 Å². The van der Waals surface area contributed by atoms with Crippen molar-refractivity contribution in [3.05, 3.63) is 29.5 Å². The second-order valence-corrected chi connectivity index (χ2v) is 3.49. The lowest BCUT2D eigenvalue weighted by Gasteiger charge is -2.04. The molecule has 0 atom stereocenters. The van der Waals surface area contributed by atoms with Crippen molar-refractivity contribution in [2.45, 2.75) is 6.61 Å². The topological polar surface area (TPSA) is 88.5 Å². The second-order valence-electron chi connectivity index (χ2n) is 3.49. The van der Waals surface area contributed by atoms with Crippen molar-refractivity contribution >= 4 is 36.2 Å². The molecule has 6 nitrogen and oxygen atoms in total. The van der Waals surface area contributed by atoms with Gasteiger partial charge in [0.25, 0.3) is 5.91 Å². The van der Waals surface area contributed by atoms with Crippen molar-refractivity contribution in [1.29, 1.82) is 0 Å². The van der Waals surface area contributed by atoms with Crippen LogP contribution >= 0.6 is 12.4 Å². The fourth-order valence-corrected chi connectivity index (χ4v) is 1.43. The van der Waals surface area contributed by atoms with E-state index in [1.807, 2.05) is 0 Å². The number of amides is 1. The van der Waals surface area contributed by atoms with Crippen LogP contribution in [0.3, 0.4) is 0 Å². The molecule has 0 aromatic carbocycles. The first-order valence-electron chi connectivity index (χ1n) is 4.92. The molecule has 0 aliphatic carbocycles. The van der Waals surface area contributed by atoms with E-state index in [1.54, 1.807) is 6.07 Å². The average molecular weight is 271 g/mol. The van der Waals surface area contributed by atoms with E-state index >= 15 is 0 Å². The molecule has 1 aromatic heterocycles. The monoisotopic (exact) mass is 270 g/mol. The van der Waals surface area contributed by atoms with Crippen LogP contribution in [-0.2, 0) is 20.9 Å². The molecule has 0 unspecified atom stereocenters. The molecule has 0 saturated carbocycles. The summed E-state index contributed by atoms with van der Waals surface area (Å²) >= 11 is 0. The predicted molar refractivity (Wildman–Crippen MR) is 66.4 cm³/mol. The minimum Gasteiger partial charge on any atom is -0.478 e. The molecule has 1 aliphatic rings. The second kappa shape index (κ2) is 6.13. The molecule has 2 N–H and O–H groups in total. The molecule has 7 heteroatoms. The van der Waals surface area contributed by atoms with E-state index in [0.29, 0.717) is 11.4 Å². The van der Waals surface area contributed by atoms with Crippen molar-refractivity contribution in [2.24, 2.45) is 0 Å². The Labute approximate surface area is 109 Å². The Hall–Kier alpha value is -1.92. The third-order valence-electron chi connectivity index (χ3n) is 2.15. The number of rotatable bonds is 2. The highest BCUT2D eigenvalue weighted by molar-refractivity contribution is 5.92. The van der Waals surface area contributed by atoms with Gasteiger partial charge >= 0.3 is 5.97 Å². The highest BCUT2D eigenvalue weighted by Crippen LogP contribution is 2.18. The molecule has 1 aliphatic heterocycles. The number of aromatic nitrogens is 1. The Bertz CT molecular complexity index is 502. The maximum atomic E-state index is 11.2. The van der Waals surface area contributed by atoms with E-state index in [-0.39, 0.29) is 31.5 Å². The lowest BCUT2D eigenvalue weighted by molar-refractivity contribution is -0.131. The normalized spacial score (nSPS) is 14.3. The minimum atomic E-state index is -1.02. The van der Waals surface area contributed by atoms with Gasteiger partial charge in [-0.3, -0.25) is 4.79 Å². The maximum absolute atomic E-state index is 11.2. The molecular weight excluding hydrogens is 260 g/mol. The van der Waals surface area contributed by atoms with Gasteiger partial charge < -0.3 is 15.2 Å². The molecule has 0 radical (unpaired) electrons. The van der Waals surface area contributed by atoms with Crippen LogP contribution in [0, 0.1) is 0 Å². The van der Waals surface area contributed by atoms with Gasteiger partial charge in [0.05, 0.1) is 6.61 Å². The van der Waals surface area contributed by atoms with Crippen LogP contribution < -0.4 is 5.32 Å². The van der Waals surface area contributed by atoms with Crippen molar-refractivity contribution in [3.63, 3.8) is 0 Å². The van der Waals surface area contributed by atoms with E-state index < -0.39 is 5.97 Å². The molecule has 18 heavy (non-hydrogen) atoms. The molecule has 1 aromatic rings. The summed E-state index contributed by atoms with van der Waals surface area (Å²) in [6.07, 6.45) is 3.95. The maximum Gasteiger partial charge on any atom is 0.328 e. The zero-order chi connectivity index (χ0) is 12.3. The highest BCUT2D eigenvalue weighted by atomic mass is 35.5. The Balaban J connectivity index is 0.00000162. The number of fused-ring (bicyclic) bond motifs is 1. The van der Waals surface area contributed by atoms with E-state index in [9.17, 15) is 9.59 Å². The molecule has 2 rings (SSSR count). The number of aliphatic carboxylic acids is 1. The Morgan fingerprint density at radius 1 is 1.50 bits per heavy atom. The fraction of sp³-hybridized carbons (Fsp3) is 0.182. The number of carboxylic acids is 1. The fourth-order valence-electron chi connectivity index (χ4n) is 1.43. The molecule has 96 valence electrons. The summed E-state index contributed by atoms with van der Waals surface area (Å²) < 4.78 is 5.12. The summed E-state index contributed by atoms with van der Waals surface area (Å²) in [5, 5.41) is 11.1. The number of pyridine rings is 1. The summed E-state index contributed by atoms with van der Waals surface area (Å²) in [5.74, 6) is -0.811. The number of ether oxygens (including phenoxy) is 1. The lowest BCUT2D eigenvalue weighted by atomic mass is 10.2. The predicted octanol–water partition coefficient (Wildman–Crippen LogP) is 1.07. The van der Waals surface area contributed by atoms with Gasteiger partial charge in [0.1, 0.15) is 12.4 Å². The SMILES string of the molecule is Cl.O=C(O)/C=C/c1cnc2c(c1)COCC(=O)N2. The van der Waals surface area contributed by atoms with Crippen molar-refractivity contribution in [2.75, 3.05) is 11.9 Å². The van der Waals surface area contributed by atoms with Gasteiger partial charge in [-0.1, -0.05) is 0 Å². The van der Waals surface area contributed by atoms with Crippen LogP contribution in [0.2, 0.25) is 0 Å². The summed E-state index contributed by atoms with van der Waals surface area (Å²) in [7, 11) is 0. The molecule has 2 heterocycles. The zero-order valence-electron chi connectivity index (χ0n) is 9.25. The molecule has 0 bridgehead atoms. The number of halogens is 1. The van der Waals surface area contributed by atoms with Crippen LogP contribution in [0.4, 0.5) is 5.82 Å². The summed E-state index contributed by atoms with van der Waals surface area (Å²) in [5.41, 5.74) is 1.37. The van der Waals surface area contributed by atoms with Gasteiger partial charge in [-0.15, -0.1) is 12.4 Å². The molecule has 0 spiro atoms. The Morgan fingerprint density at radius 3 is 3.00 bits per heavy atom. The van der Waals surface area contributed by atoms with Crippen LogP contribution in [0.5, 0.6) is 0 Å². The van der Waals surface area contributed by atoms with Gasteiger partial charge in [-0.05, 0) is 17.7 Å². The number of hydrogen-bond acceptors (Lipinski definition) is 4. The van der Waals surface area contributed by atoms with Crippen LogP contribution in [0.25, 0.3) is 6.08 Å². The minimum absolute atomic E-state index is 0. The smallest absolute Gasteiger partial charge is 0.328 e. The standard InChI is InChI=1S/C11H10N2O4.ClH/c14-9-6-17-5-8-3-7(1-2-10(15)16)4-12-11(8)13-9;/h1-4H,5-6H2,(H,15,16)(H,12,13,14);1H/b2-1+;. The number of carboxylic acid groups (broad SMARTS) is 1. The van der Waals surface area contributed by atoms with Crippen molar-refractivity contribution in [3.8, 4) is 0 Å². The third-order valence-corrected chi connectivity index (χ3v) is 2.15. The van der Waals surface area contributed by atoms with E-state index in [0.717, 1.165) is 11.6 Å². The Kier molecular flexibility index (Phi) is 4.82. The summed E-state index contributed by atoms with van der Waals surface area (Å²) in [6.45, 7) is 0.270. The number of carbonyl (C=O) groups excluding carboxylic acids is 1. The average Bonchev–Trinajstić information content (AvgIpc) is 2.46. The van der Waals surface area contributed by atoms with Crippen LogP contribution in [0.1, 0.15) is 11.1 Å². The Morgan fingerprint density at radius 2 is 2.28 bits per heavy atom. The number of nitrogens with one attached hydrogen (secondary N) is 1. The third kappa shape index (κ3) is 3.54. The molecule has 0 fully saturated rings. The quantitative estimate of drug-likeness (QED) is 0.785. The summed E-state index contributed by atoms with van der Waals surface area (Å²) in [6, 6.07) is 1.73. The number of anilines is 1. The summed E-state index contributed by atoms with van der Waals surface area (Å²) in [4.78, 5) is 25.6. The lowest BCUT2D eigenvalue weighted by Crippen LogP contribution is -2.15. The highest BCUT2D eigenvalue weighted by Gasteiger charge is 2.13. The van der Waals surface area contributed by atoms with E-state index in [1.165, 1.54) is 12.3 Å². The van der Waals surface area contributed by atoms with Gasteiger partial charge in [0.15, 0.2) is 0 Å². The van der Waals surface area contributed by atoms with Crippen molar-refractivity contribution < 1.29 is 19.4 Å². The first-order chi connectivity index (χ1) is 8.15. The number of nitrogens with zero attached hydrogens (tertiary/aromatic N) is 1. The zero-order valence-corrected chi connectivity index (χ0v) is 10.1. The molecular formula is C11H11ClN2O4. The largest absolute Gasteiger partial charge is 0.478 e. The van der Waals surface area contributed by atoms with Crippen molar-refractivity contribution in [1.82, 2.24) is 4.98 Å². The van der Waals surface area contributed by atoms with E-state index in [2.05, 4.69) is 10.3 Å². The molecule has 0 saturated heterocycles. The first kappa shape index (κ1) is 14.1. The van der Waals surface area contributed by atoms with Gasteiger partial charge in [0.2, 0.25) is 0 Å². The van der Waals surface area contributed by atoms with Crippen LogP contribution in [-0.4, -0.2) is 28.6 Å².